The molecule has 0 atom stereocenters. The van der Waals surface area contributed by atoms with Crippen molar-refractivity contribution >= 4 is 32.8 Å². The fraction of sp³-hybridized carbons (Fsp3) is 0.0164. The third-order valence-corrected chi connectivity index (χ3v) is 12.5. The maximum absolute atomic E-state index is 11.6. The average molecular weight is 1040 g/mol. The van der Waals surface area contributed by atoms with E-state index in [4.69, 9.17) is 14.1 Å². The Morgan fingerprint density at radius 1 is 0.507 bits per heavy atom. The molecule has 67 heavy (non-hydrogen) atoms. The number of aromatic nitrogens is 4. The van der Waals surface area contributed by atoms with Gasteiger partial charge in [-0.05, 0) is 100 Å². The Bertz CT molecular complexity index is 3890. The first-order valence-corrected chi connectivity index (χ1v) is 22.0. The summed E-state index contributed by atoms with van der Waals surface area (Å²) < 4.78 is 29.4. The zero-order valence-electron chi connectivity index (χ0n) is 38.9. The molecular formula is C61H41N4OPt-. The molecule has 12 rings (SSSR count). The Balaban J connectivity index is 0.00000533. The molecule has 0 saturated heterocycles. The largest absolute Gasteiger partial charge is 0.507 e. The molecule has 5 nitrogen and oxygen atoms in total. The fourth-order valence-corrected chi connectivity index (χ4v) is 9.42. The van der Waals surface area contributed by atoms with Gasteiger partial charge < -0.3 is 9.67 Å². The minimum absolute atomic E-state index is 0. The maximum atomic E-state index is 11.6. The number of phenols is 1. The van der Waals surface area contributed by atoms with Crippen molar-refractivity contribution in [1.82, 2.24) is 19.1 Å². The second-order valence-corrected chi connectivity index (χ2v) is 16.4. The molecule has 0 aliphatic carbocycles. The summed E-state index contributed by atoms with van der Waals surface area (Å²) in [5.74, 6) is 0.565. The molecule has 3 aromatic heterocycles. The molecule has 9 aromatic carbocycles. The van der Waals surface area contributed by atoms with Crippen LogP contribution in [0.2, 0.25) is 0 Å². The number of benzene rings is 9. The van der Waals surface area contributed by atoms with Gasteiger partial charge in [-0.2, -0.15) is 0 Å². The van der Waals surface area contributed by atoms with Crippen LogP contribution in [-0.2, 0) is 21.1 Å². The average Bonchev–Trinajstić information content (AvgIpc) is 3.95. The minimum Gasteiger partial charge on any atom is -0.507 e. The van der Waals surface area contributed by atoms with Gasteiger partial charge in [0.05, 0.1) is 22.3 Å². The number of hydrogen-bond acceptors (Lipinski definition) is 3. The Morgan fingerprint density at radius 2 is 1.15 bits per heavy atom. The molecule has 6 heteroatoms. The van der Waals surface area contributed by atoms with Gasteiger partial charge in [0, 0.05) is 53.8 Å². The van der Waals surface area contributed by atoms with Gasteiger partial charge in [-0.1, -0.05) is 185 Å². The number of fused-ring (bicyclic) bond motifs is 4. The van der Waals surface area contributed by atoms with Crippen LogP contribution in [0.1, 0.15) is 9.68 Å². The maximum Gasteiger partial charge on any atom is 0.148 e. The van der Waals surface area contributed by atoms with Crippen molar-refractivity contribution in [3.63, 3.8) is 0 Å². The van der Waals surface area contributed by atoms with Crippen LogP contribution in [-0.4, -0.2) is 24.2 Å². The van der Waals surface area contributed by atoms with Crippen LogP contribution in [0.5, 0.6) is 5.75 Å². The van der Waals surface area contributed by atoms with Gasteiger partial charge in [-0.15, -0.1) is 12.1 Å². The topological polar surface area (TPSA) is 55.9 Å². The molecule has 0 amide bonds. The van der Waals surface area contributed by atoms with Gasteiger partial charge in [0.1, 0.15) is 11.6 Å². The summed E-state index contributed by atoms with van der Waals surface area (Å²) >= 11 is 0. The van der Waals surface area contributed by atoms with Crippen molar-refractivity contribution in [3.8, 4) is 84.3 Å². The second kappa shape index (κ2) is 17.4. The van der Waals surface area contributed by atoms with Crippen LogP contribution in [0.3, 0.4) is 0 Å². The number of imidazole rings is 1. The zero-order chi connectivity index (χ0) is 46.6. The molecule has 322 valence electrons. The van der Waals surface area contributed by atoms with Crippen LogP contribution in [0.15, 0.2) is 225 Å². The van der Waals surface area contributed by atoms with E-state index in [0.717, 1.165) is 77.6 Å². The van der Waals surface area contributed by atoms with E-state index in [0.29, 0.717) is 28.2 Å². The third-order valence-electron chi connectivity index (χ3n) is 12.5. The van der Waals surface area contributed by atoms with Crippen molar-refractivity contribution in [2.45, 2.75) is 6.85 Å². The monoisotopic (exact) mass is 1040 g/mol. The summed E-state index contributed by atoms with van der Waals surface area (Å²) in [6.07, 6.45) is 1.86. The van der Waals surface area contributed by atoms with E-state index in [1.807, 2.05) is 89.6 Å². The van der Waals surface area contributed by atoms with E-state index in [1.54, 1.807) is 24.3 Å². The predicted molar refractivity (Wildman–Crippen MR) is 271 cm³/mol. The summed E-state index contributed by atoms with van der Waals surface area (Å²) in [6, 6.07) is 76.6. The molecule has 0 aliphatic rings. The van der Waals surface area contributed by atoms with E-state index >= 15 is 0 Å². The summed E-state index contributed by atoms with van der Waals surface area (Å²) in [7, 11) is 0. The Hall–Kier alpha value is -8.11. The SMILES string of the molecule is [2H]C([2H])([2H])c1ccc(-n2c(-c3ccccc3O)nc3c(-c4[c-]c(-c5cc(-c6ccc(-c7ccccc7)cc6)ccn5)cc5c6ccccc6n(-c6ccccc6)c45)cccc32)c(-c2ccccc2)c1.[Pt]. The van der Waals surface area contributed by atoms with E-state index < -0.39 is 6.85 Å². The number of rotatable bonds is 8. The summed E-state index contributed by atoms with van der Waals surface area (Å²) in [5, 5.41) is 13.7. The van der Waals surface area contributed by atoms with Crippen LogP contribution in [0.25, 0.3) is 111 Å². The molecular weight excluding hydrogens is 1000 g/mol. The molecule has 0 bridgehead atoms. The van der Waals surface area contributed by atoms with Crippen LogP contribution < -0.4 is 0 Å². The number of hydrogen-bond donors (Lipinski definition) is 1. The molecule has 12 aromatic rings. The molecule has 0 aliphatic heterocycles. The number of nitrogens with zero attached hydrogens (tertiary/aromatic N) is 4. The van der Waals surface area contributed by atoms with E-state index in [-0.39, 0.29) is 32.4 Å². The van der Waals surface area contributed by atoms with Crippen molar-refractivity contribution < 1.29 is 30.3 Å². The normalized spacial score (nSPS) is 12.1. The smallest absolute Gasteiger partial charge is 0.148 e. The summed E-state index contributed by atoms with van der Waals surface area (Å²) in [4.78, 5) is 10.5. The Morgan fingerprint density at radius 3 is 1.91 bits per heavy atom. The van der Waals surface area contributed by atoms with Gasteiger partial charge in [0.25, 0.3) is 0 Å². The second-order valence-electron chi connectivity index (χ2n) is 16.4. The number of phenolic OH excluding ortho intramolecular Hbond substituents is 1. The number of aryl methyl sites for hydroxylation is 1. The van der Waals surface area contributed by atoms with E-state index in [9.17, 15) is 5.11 Å². The van der Waals surface area contributed by atoms with Crippen molar-refractivity contribution in [1.29, 1.82) is 0 Å². The fourth-order valence-electron chi connectivity index (χ4n) is 9.42. The quantitative estimate of drug-likeness (QED) is 0.154. The first kappa shape index (κ1) is 38.2. The van der Waals surface area contributed by atoms with Crippen molar-refractivity contribution in [2.24, 2.45) is 0 Å². The number of pyridine rings is 1. The van der Waals surface area contributed by atoms with Gasteiger partial charge in [-0.3, -0.25) is 9.55 Å². The molecule has 0 radical (unpaired) electrons. The molecule has 0 fully saturated rings. The van der Waals surface area contributed by atoms with Crippen LogP contribution in [0.4, 0.5) is 0 Å². The van der Waals surface area contributed by atoms with E-state index in [2.05, 4.69) is 126 Å². The number of para-hydroxylation sites is 4. The van der Waals surface area contributed by atoms with Crippen molar-refractivity contribution in [2.75, 3.05) is 0 Å². The standard InChI is InChI=1S/C61H41N4O.Pt/c1-40-28-33-56(51(36-40)44-18-7-3-8-19-44)65-57-26-15-24-49(59(57)63-61(65)50-23-12-14-27-58(50)66)53-38-46(37-52-48-22-11-13-25-55(48)64(60(52)53)47-20-9-4-10-21-47)54-39-45(34-35-62-54)43-31-29-42(30-32-43)41-16-5-2-6-17-41;/h2-37,39,66H,1H3;/q-1;/i1D3;. The molecule has 3 heterocycles. The molecule has 0 saturated carbocycles. The number of aromatic hydroxyl groups is 1. The van der Waals surface area contributed by atoms with E-state index in [1.165, 1.54) is 5.56 Å². The first-order chi connectivity index (χ1) is 33.8. The molecule has 0 unspecified atom stereocenters. The van der Waals surface area contributed by atoms with Gasteiger partial charge in [0.2, 0.25) is 0 Å². The minimum atomic E-state index is -2.34. The molecule has 0 spiro atoms. The molecule has 1 N–H and O–H groups in total. The first-order valence-electron chi connectivity index (χ1n) is 23.5. The Labute approximate surface area is 407 Å². The van der Waals surface area contributed by atoms with Gasteiger partial charge in [-0.25, -0.2) is 4.98 Å². The van der Waals surface area contributed by atoms with Gasteiger partial charge in [0.15, 0.2) is 0 Å². The van der Waals surface area contributed by atoms with Crippen LogP contribution in [0, 0.1) is 12.9 Å². The summed E-state index contributed by atoms with van der Waals surface area (Å²) in [5.41, 5.74) is 15.1. The zero-order valence-corrected chi connectivity index (χ0v) is 38.2. The Kier molecular flexibility index (Phi) is 9.89. The third kappa shape index (κ3) is 7.35. The van der Waals surface area contributed by atoms with Crippen LogP contribution >= 0.6 is 0 Å². The summed E-state index contributed by atoms with van der Waals surface area (Å²) in [6.45, 7) is -2.34. The van der Waals surface area contributed by atoms with Crippen molar-refractivity contribution in [3.05, 3.63) is 236 Å². The predicted octanol–water partition coefficient (Wildman–Crippen LogP) is 15.3. The van der Waals surface area contributed by atoms with Gasteiger partial charge >= 0.3 is 0 Å².